The Balaban J connectivity index is 0.000000239. The molecular weight excluding hydrogens is 390 g/mol. The first-order chi connectivity index (χ1) is 14.5. The second-order valence-electron chi connectivity index (χ2n) is 6.64. The zero-order valence-electron chi connectivity index (χ0n) is 16.3. The normalized spacial score (nSPS) is 18.5. The van der Waals surface area contributed by atoms with Crippen molar-refractivity contribution in [2.24, 2.45) is 5.73 Å². The van der Waals surface area contributed by atoms with Gasteiger partial charge in [-0.2, -0.15) is 0 Å². The Kier molecular flexibility index (Phi) is 6.99. The van der Waals surface area contributed by atoms with E-state index in [1.807, 2.05) is 12.1 Å². The lowest BCUT2D eigenvalue weighted by Gasteiger charge is -2.27. The Morgan fingerprint density at radius 2 is 1.67 bits per heavy atom. The molecule has 0 bridgehead atoms. The van der Waals surface area contributed by atoms with E-state index in [1.54, 1.807) is 52.3 Å². The summed E-state index contributed by atoms with van der Waals surface area (Å²) in [6.45, 7) is 1.94. The zero-order valence-corrected chi connectivity index (χ0v) is 16.3. The number of carbonyl (C=O) groups excluding carboxylic acids is 2. The quantitative estimate of drug-likeness (QED) is 0.782. The maximum Gasteiger partial charge on any atom is 0.414 e. The fourth-order valence-electron chi connectivity index (χ4n) is 3.04. The average molecular weight is 413 g/mol. The Labute approximate surface area is 173 Å². The summed E-state index contributed by atoms with van der Waals surface area (Å²) in [6, 6.07) is 15.5. The number of aromatic carboxylic acids is 1. The van der Waals surface area contributed by atoms with Gasteiger partial charge in [0.25, 0.3) is 5.91 Å². The molecule has 158 valence electrons. The van der Waals surface area contributed by atoms with E-state index in [1.165, 1.54) is 0 Å². The molecule has 2 aliphatic rings. The summed E-state index contributed by atoms with van der Waals surface area (Å²) in [7, 11) is 0. The van der Waals surface area contributed by atoms with Gasteiger partial charge in [-0.25, -0.2) is 9.59 Å². The van der Waals surface area contributed by atoms with E-state index in [-0.39, 0.29) is 24.7 Å². The number of hydrogen-bond acceptors (Lipinski definition) is 6. The van der Waals surface area contributed by atoms with Crippen LogP contribution in [0.1, 0.15) is 10.4 Å². The number of nitrogens with zero attached hydrogens (tertiary/aromatic N) is 2. The number of carboxylic acids is 1. The van der Waals surface area contributed by atoms with Gasteiger partial charge in [0.1, 0.15) is 12.7 Å². The molecule has 2 aromatic rings. The lowest BCUT2D eigenvalue weighted by molar-refractivity contribution is -0.125. The van der Waals surface area contributed by atoms with Crippen molar-refractivity contribution < 1.29 is 29.0 Å². The minimum Gasteiger partial charge on any atom is -0.478 e. The molecule has 3 N–H and O–H groups in total. The van der Waals surface area contributed by atoms with Crippen molar-refractivity contribution in [3.8, 4) is 0 Å². The van der Waals surface area contributed by atoms with Crippen LogP contribution < -0.4 is 15.5 Å². The van der Waals surface area contributed by atoms with Crippen molar-refractivity contribution in [2.75, 3.05) is 42.6 Å². The first kappa shape index (κ1) is 21.3. The van der Waals surface area contributed by atoms with E-state index in [9.17, 15) is 14.4 Å². The number of nitrogens with two attached hydrogens (primary N) is 1. The van der Waals surface area contributed by atoms with E-state index in [4.69, 9.17) is 20.3 Å². The maximum atomic E-state index is 11.8. The number of carbonyl (C=O) groups is 3. The Bertz CT molecular complexity index is 887. The van der Waals surface area contributed by atoms with Gasteiger partial charge in [0.05, 0.1) is 18.7 Å². The molecule has 2 heterocycles. The minimum absolute atomic E-state index is 0.0576. The Morgan fingerprint density at radius 1 is 1.03 bits per heavy atom. The van der Waals surface area contributed by atoms with Crippen LogP contribution >= 0.6 is 0 Å². The standard InChI is InChI=1S/C14H17N3O4.C7H6O2/c15-7-12-8-17(14(19)21-12)11-3-1-10(2-4-11)16-5-6-20-9-13(16)18;8-7(9)6-4-2-1-3-5-6/h1-4,12H,5-9,15H2;1-5H,(H,8,9)/t12-;/m0./s1. The summed E-state index contributed by atoms with van der Waals surface area (Å²) in [5.41, 5.74) is 7.38. The number of hydrogen-bond donors (Lipinski definition) is 2. The number of anilines is 2. The fourth-order valence-corrected chi connectivity index (χ4v) is 3.04. The zero-order chi connectivity index (χ0) is 21.5. The second kappa shape index (κ2) is 9.86. The van der Waals surface area contributed by atoms with E-state index in [2.05, 4.69) is 0 Å². The predicted octanol–water partition coefficient (Wildman–Crippen LogP) is 1.72. The van der Waals surface area contributed by atoms with Crippen LogP contribution in [-0.2, 0) is 14.3 Å². The average Bonchev–Trinajstić information content (AvgIpc) is 3.16. The smallest absolute Gasteiger partial charge is 0.414 e. The molecule has 0 aliphatic carbocycles. The largest absolute Gasteiger partial charge is 0.478 e. The number of amides is 2. The van der Waals surface area contributed by atoms with Crippen molar-refractivity contribution in [3.05, 3.63) is 60.2 Å². The molecule has 30 heavy (non-hydrogen) atoms. The molecule has 2 amide bonds. The van der Waals surface area contributed by atoms with Crippen molar-refractivity contribution in [3.63, 3.8) is 0 Å². The lowest BCUT2D eigenvalue weighted by atomic mass is 10.2. The van der Waals surface area contributed by atoms with Gasteiger partial charge in [0, 0.05) is 24.5 Å². The van der Waals surface area contributed by atoms with Gasteiger partial charge in [0.2, 0.25) is 0 Å². The van der Waals surface area contributed by atoms with Crippen molar-refractivity contribution in [2.45, 2.75) is 6.10 Å². The van der Waals surface area contributed by atoms with Crippen LogP contribution in [0, 0.1) is 0 Å². The molecule has 0 spiro atoms. The van der Waals surface area contributed by atoms with Crippen LogP contribution in [-0.4, -0.2) is 62.0 Å². The second-order valence-corrected chi connectivity index (χ2v) is 6.64. The Hall–Kier alpha value is -3.43. The third-order valence-electron chi connectivity index (χ3n) is 4.62. The van der Waals surface area contributed by atoms with Crippen LogP contribution in [0.3, 0.4) is 0 Å². The molecule has 2 aromatic carbocycles. The van der Waals surface area contributed by atoms with E-state index in [0.29, 0.717) is 31.8 Å². The van der Waals surface area contributed by atoms with Crippen LogP contribution in [0.4, 0.5) is 16.2 Å². The fraction of sp³-hybridized carbons (Fsp3) is 0.286. The Morgan fingerprint density at radius 3 is 2.17 bits per heavy atom. The minimum atomic E-state index is -0.879. The van der Waals surface area contributed by atoms with Gasteiger partial charge >= 0.3 is 12.1 Å². The highest BCUT2D eigenvalue weighted by atomic mass is 16.6. The van der Waals surface area contributed by atoms with Crippen LogP contribution in [0.15, 0.2) is 54.6 Å². The highest BCUT2D eigenvalue weighted by molar-refractivity contribution is 5.95. The van der Waals surface area contributed by atoms with Gasteiger partial charge in [-0.3, -0.25) is 9.69 Å². The molecule has 2 saturated heterocycles. The van der Waals surface area contributed by atoms with E-state index >= 15 is 0 Å². The summed E-state index contributed by atoms with van der Waals surface area (Å²) in [4.78, 5) is 36.9. The number of rotatable bonds is 4. The molecule has 4 rings (SSSR count). The molecule has 2 fully saturated rings. The summed E-state index contributed by atoms with van der Waals surface area (Å²) >= 11 is 0. The molecule has 0 aromatic heterocycles. The third-order valence-corrected chi connectivity index (χ3v) is 4.62. The molecule has 0 unspecified atom stereocenters. The predicted molar refractivity (Wildman–Crippen MR) is 110 cm³/mol. The maximum absolute atomic E-state index is 11.8. The molecule has 0 radical (unpaired) electrons. The molecule has 0 saturated carbocycles. The summed E-state index contributed by atoms with van der Waals surface area (Å²) in [5, 5.41) is 8.38. The first-order valence-electron chi connectivity index (χ1n) is 9.44. The van der Waals surface area contributed by atoms with Gasteiger partial charge < -0.3 is 25.2 Å². The summed E-state index contributed by atoms with van der Waals surface area (Å²) in [5.74, 6) is -0.937. The van der Waals surface area contributed by atoms with Crippen LogP contribution in [0.2, 0.25) is 0 Å². The highest BCUT2D eigenvalue weighted by Crippen LogP contribution is 2.25. The number of cyclic esters (lactones) is 1. The van der Waals surface area contributed by atoms with Gasteiger partial charge in [-0.05, 0) is 36.4 Å². The van der Waals surface area contributed by atoms with Gasteiger partial charge in [-0.15, -0.1) is 0 Å². The number of benzene rings is 2. The summed E-state index contributed by atoms with van der Waals surface area (Å²) in [6.07, 6.45) is -0.654. The SMILES string of the molecule is NC[C@H]1CN(c2ccc(N3CCOCC3=O)cc2)C(=O)O1.O=C(O)c1ccccc1. The van der Waals surface area contributed by atoms with E-state index < -0.39 is 5.97 Å². The highest BCUT2D eigenvalue weighted by Gasteiger charge is 2.31. The van der Waals surface area contributed by atoms with Gasteiger partial charge in [0.15, 0.2) is 0 Å². The van der Waals surface area contributed by atoms with E-state index in [0.717, 1.165) is 11.4 Å². The summed E-state index contributed by atoms with van der Waals surface area (Å²) < 4.78 is 10.2. The lowest BCUT2D eigenvalue weighted by Crippen LogP contribution is -2.41. The number of ether oxygens (including phenoxy) is 2. The van der Waals surface area contributed by atoms with Crippen LogP contribution in [0.5, 0.6) is 0 Å². The molecular formula is C21H23N3O6. The first-order valence-corrected chi connectivity index (χ1v) is 9.44. The third kappa shape index (κ3) is 5.13. The molecule has 9 nitrogen and oxygen atoms in total. The molecule has 9 heteroatoms. The van der Waals surface area contributed by atoms with Crippen LogP contribution in [0.25, 0.3) is 0 Å². The monoisotopic (exact) mass is 413 g/mol. The van der Waals surface area contributed by atoms with Crippen molar-refractivity contribution in [1.82, 2.24) is 0 Å². The molecule has 2 aliphatic heterocycles. The molecule has 1 atom stereocenters. The van der Waals surface area contributed by atoms with Crippen molar-refractivity contribution in [1.29, 1.82) is 0 Å². The van der Waals surface area contributed by atoms with Gasteiger partial charge in [-0.1, -0.05) is 18.2 Å². The number of carboxylic acid groups (broad SMARTS) is 1. The topological polar surface area (TPSA) is 122 Å². The number of morpholine rings is 1. The van der Waals surface area contributed by atoms with Crippen molar-refractivity contribution >= 4 is 29.3 Å².